The Balaban J connectivity index is 1.81. The van der Waals surface area contributed by atoms with Crippen LogP contribution in [0, 0.1) is 11.7 Å². The smallest absolute Gasteiger partial charge is 0.263 e. The Hall–Kier alpha value is -1.46. The summed E-state index contributed by atoms with van der Waals surface area (Å²) in [5, 5.41) is 9.47. The predicted molar refractivity (Wildman–Crippen MR) is 77.5 cm³/mol. The fourth-order valence-corrected chi connectivity index (χ4v) is 3.76. The number of thiophene rings is 1. The Kier molecular flexibility index (Phi) is 3.72. The average molecular weight is 293 g/mol. The van der Waals surface area contributed by atoms with Crippen LogP contribution in [0.25, 0.3) is 10.1 Å². The first-order chi connectivity index (χ1) is 9.69. The van der Waals surface area contributed by atoms with Crippen molar-refractivity contribution in [2.24, 2.45) is 5.92 Å². The molecule has 3 nitrogen and oxygen atoms in total. The van der Waals surface area contributed by atoms with E-state index in [-0.39, 0.29) is 18.3 Å². The van der Waals surface area contributed by atoms with E-state index in [1.54, 1.807) is 12.1 Å². The molecule has 2 heterocycles. The number of aliphatic hydroxyl groups is 1. The molecule has 0 saturated carbocycles. The zero-order valence-corrected chi connectivity index (χ0v) is 11.8. The van der Waals surface area contributed by atoms with Crippen LogP contribution in [0.4, 0.5) is 4.39 Å². The second-order valence-corrected chi connectivity index (χ2v) is 6.26. The van der Waals surface area contributed by atoms with Crippen LogP contribution >= 0.6 is 11.3 Å². The molecule has 0 radical (unpaired) electrons. The lowest BCUT2D eigenvalue weighted by Gasteiger charge is -2.15. The van der Waals surface area contributed by atoms with Gasteiger partial charge in [0.15, 0.2) is 0 Å². The van der Waals surface area contributed by atoms with Crippen LogP contribution in [0.15, 0.2) is 24.3 Å². The van der Waals surface area contributed by atoms with Gasteiger partial charge in [-0.05, 0) is 37.0 Å². The zero-order valence-electron chi connectivity index (χ0n) is 11.0. The minimum Gasteiger partial charge on any atom is -0.396 e. The van der Waals surface area contributed by atoms with E-state index >= 15 is 0 Å². The first-order valence-electron chi connectivity index (χ1n) is 6.77. The van der Waals surface area contributed by atoms with Crippen molar-refractivity contribution in [2.75, 3.05) is 19.7 Å². The van der Waals surface area contributed by atoms with Crippen LogP contribution in [0.5, 0.6) is 0 Å². The molecule has 0 bridgehead atoms. The maximum absolute atomic E-state index is 13.7. The predicted octanol–water partition coefficient (Wildman–Crippen LogP) is 2.88. The van der Waals surface area contributed by atoms with Crippen molar-refractivity contribution in [1.82, 2.24) is 4.90 Å². The number of carbonyl (C=O) groups is 1. The highest BCUT2D eigenvalue weighted by atomic mass is 32.1. The highest BCUT2D eigenvalue weighted by Crippen LogP contribution is 2.30. The van der Waals surface area contributed by atoms with Gasteiger partial charge in [-0.1, -0.05) is 6.07 Å². The summed E-state index contributed by atoms with van der Waals surface area (Å²) in [6.07, 6.45) is 1.68. The normalized spacial score (nSPS) is 18.9. The number of hydrogen-bond acceptors (Lipinski definition) is 3. The summed E-state index contributed by atoms with van der Waals surface area (Å²) in [6, 6.07) is 6.56. The molecule has 1 aromatic carbocycles. The van der Waals surface area contributed by atoms with Crippen LogP contribution in [0.3, 0.4) is 0 Å². The number of nitrogens with zero attached hydrogens (tertiary/aromatic N) is 1. The monoisotopic (exact) mass is 293 g/mol. The molecule has 5 heteroatoms. The summed E-state index contributed by atoms with van der Waals surface area (Å²) in [6.45, 7) is 1.58. The third kappa shape index (κ3) is 2.43. The molecule has 1 fully saturated rings. The number of amides is 1. The van der Waals surface area contributed by atoms with E-state index in [1.807, 2.05) is 11.0 Å². The number of hydrogen-bond donors (Lipinski definition) is 1. The van der Waals surface area contributed by atoms with Gasteiger partial charge in [0, 0.05) is 29.8 Å². The summed E-state index contributed by atoms with van der Waals surface area (Å²) in [4.78, 5) is 14.8. The van der Waals surface area contributed by atoms with Crippen LogP contribution < -0.4 is 0 Å². The van der Waals surface area contributed by atoms with E-state index in [0.29, 0.717) is 22.7 Å². The minimum absolute atomic E-state index is 0.0222. The number of aliphatic hydroxyl groups excluding tert-OH is 1. The first-order valence-corrected chi connectivity index (χ1v) is 7.59. The molecule has 0 spiro atoms. The van der Waals surface area contributed by atoms with Gasteiger partial charge in [-0.25, -0.2) is 4.39 Å². The quantitative estimate of drug-likeness (QED) is 0.945. The molecule has 1 N–H and O–H groups in total. The van der Waals surface area contributed by atoms with Gasteiger partial charge in [-0.2, -0.15) is 0 Å². The number of carbonyl (C=O) groups excluding carboxylic acids is 1. The van der Waals surface area contributed by atoms with Crippen molar-refractivity contribution >= 4 is 27.3 Å². The lowest BCUT2D eigenvalue weighted by Crippen LogP contribution is -2.28. The van der Waals surface area contributed by atoms with Gasteiger partial charge < -0.3 is 10.0 Å². The molecule has 1 aliphatic heterocycles. The summed E-state index contributed by atoms with van der Waals surface area (Å²) in [7, 11) is 0. The van der Waals surface area contributed by atoms with Crippen LogP contribution in [-0.2, 0) is 0 Å². The second-order valence-electron chi connectivity index (χ2n) is 5.18. The van der Waals surface area contributed by atoms with E-state index in [0.717, 1.165) is 24.1 Å². The van der Waals surface area contributed by atoms with Crippen molar-refractivity contribution in [3.8, 4) is 0 Å². The molecule has 1 amide bonds. The standard InChI is InChI=1S/C15H16FNO2S/c16-12-2-1-3-13-11(12)8-14(20-13)15(19)17-6-4-10(9-17)5-7-18/h1-3,8,10,18H,4-7,9H2. The van der Waals surface area contributed by atoms with E-state index in [4.69, 9.17) is 5.11 Å². The lowest BCUT2D eigenvalue weighted by atomic mass is 10.1. The Morgan fingerprint density at radius 2 is 2.35 bits per heavy atom. The molecular weight excluding hydrogens is 277 g/mol. The largest absolute Gasteiger partial charge is 0.396 e. The highest BCUT2D eigenvalue weighted by molar-refractivity contribution is 7.20. The van der Waals surface area contributed by atoms with Crippen molar-refractivity contribution in [1.29, 1.82) is 0 Å². The Morgan fingerprint density at radius 1 is 1.50 bits per heavy atom. The van der Waals surface area contributed by atoms with E-state index in [1.165, 1.54) is 17.4 Å². The molecule has 1 unspecified atom stereocenters. The molecule has 1 saturated heterocycles. The van der Waals surface area contributed by atoms with Crippen LogP contribution in [0.1, 0.15) is 22.5 Å². The average Bonchev–Trinajstić information content (AvgIpc) is 3.05. The molecule has 20 heavy (non-hydrogen) atoms. The molecule has 3 rings (SSSR count). The van der Waals surface area contributed by atoms with Crippen molar-refractivity contribution in [3.63, 3.8) is 0 Å². The maximum atomic E-state index is 13.7. The third-order valence-electron chi connectivity index (χ3n) is 3.83. The first kappa shape index (κ1) is 13.5. The zero-order chi connectivity index (χ0) is 14.1. The second kappa shape index (κ2) is 5.50. The van der Waals surface area contributed by atoms with Crippen LogP contribution in [0.2, 0.25) is 0 Å². The van der Waals surface area contributed by atoms with Gasteiger partial charge >= 0.3 is 0 Å². The molecule has 1 atom stereocenters. The lowest BCUT2D eigenvalue weighted by molar-refractivity contribution is 0.0789. The maximum Gasteiger partial charge on any atom is 0.263 e. The molecular formula is C15H16FNO2S. The third-order valence-corrected chi connectivity index (χ3v) is 4.92. The summed E-state index contributed by atoms with van der Waals surface area (Å²) in [5.74, 6) is 0.0819. The molecule has 2 aromatic rings. The Morgan fingerprint density at radius 3 is 3.10 bits per heavy atom. The highest BCUT2D eigenvalue weighted by Gasteiger charge is 2.27. The molecule has 0 aliphatic carbocycles. The molecule has 1 aromatic heterocycles. The van der Waals surface area contributed by atoms with Gasteiger partial charge in [0.25, 0.3) is 5.91 Å². The summed E-state index contributed by atoms with van der Waals surface area (Å²) >= 11 is 1.34. The number of rotatable bonds is 3. The number of benzene rings is 1. The van der Waals surface area contributed by atoms with Crippen molar-refractivity contribution in [3.05, 3.63) is 35.0 Å². The van der Waals surface area contributed by atoms with E-state index in [2.05, 4.69) is 0 Å². The Labute approximate surface area is 120 Å². The number of fused-ring (bicyclic) bond motifs is 1. The SMILES string of the molecule is O=C(c1cc2c(F)cccc2s1)N1CCC(CCO)C1. The van der Waals surface area contributed by atoms with Gasteiger partial charge in [0.1, 0.15) is 5.82 Å². The van der Waals surface area contributed by atoms with E-state index < -0.39 is 0 Å². The van der Waals surface area contributed by atoms with Gasteiger partial charge in [0.2, 0.25) is 0 Å². The van der Waals surface area contributed by atoms with E-state index in [9.17, 15) is 9.18 Å². The van der Waals surface area contributed by atoms with Crippen molar-refractivity contribution in [2.45, 2.75) is 12.8 Å². The molecule has 1 aliphatic rings. The topological polar surface area (TPSA) is 40.5 Å². The fraction of sp³-hybridized carbons (Fsp3) is 0.400. The number of halogens is 1. The van der Waals surface area contributed by atoms with Gasteiger partial charge in [0.05, 0.1) is 4.88 Å². The van der Waals surface area contributed by atoms with Crippen molar-refractivity contribution < 1.29 is 14.3 Å². The minimum atomic E-state index is -0.280. The van der Waals surface area contributed by atoms with Gasteiger partial charge in [-0.15, -0.1) is 11.3 Å². The fourth-order valence-electron chi connectivity index (χ4n) is 2.72. The van der Waals surface area contributed by atoms with Crippen LogP contribution in [-0.4, -0.2) is 35.6 Å². The number of likely N-dealkylation sites (tertiary alicyclic amines) is 1. The summed E-state index contributed by atoms with van der Waals surface area (Å²) < 4.78 is 14.5. The van der Waals surface area contributed by atoms with Gasteiger partial charge in [-0.3, -0.25) is 4.79 Å². The molecule has 106 valence electrons. The Bertz CT molecular complexity index is 640. The summed E-state index contributed by atoms with van der Waals surface area (Å²) in [5.41, 5.74) is 0.